The summed E-state index contributed by atoms with van der Waals surface area (Å²) in [5, 5.41) is 18.3. The van der Waals surface area contributed by atoms with Crippen LogP contribution in [0.25, 0.3) is 0 Å². The Morgan fingerprint density at radius 2 is 2.12 bits per heavy atom. The number of nitrogens with two attached hydrogens (primary N) is 1. The summed E-state index contributed by atoms with van der Waals surface area (Å²) in [6.45, 7) is 1.71. The molecule has 1 fully saturated rings. The molecule has 0 spiro atoms. The first-order chi connectivity index (χ1) is 11.4. The molecule has 4 rings (SSSR count). The van der Waals surface area contributed by atoms with Crippen molar-refractivity contribution in [2.45, 2.75) is 44.2 Å². The Bertz CT molecular complexity index is 841. The number of fused-ring (bicyclic) bond motifs is 1. The molecule has 0 radical (unpaired) electrons. The number of benzene rings is 1. The number of rotatable bonds is 2. The smallest absolute Gasteiger partial charge is 0.266 e. The van der Waals surface area contributed by atoms with E-state index >= 15 is 0 Å². The van der Waals surface area contributed by atoms with Crippen LogP contribution in [0.4, 0.5) is 15.9 Å². The van der Waals surface area contributed by atoms with E-state index in [9.17, 15) is 14.3 Å². The largest absolute Gasteiger partial charge is 0.384 e. The predicted molar refractivity (Wildman–Crippen MR) is 86.9 cm³/mol. The third-order valence-corrected chi connectivity index (χ3v) is 5.10. The summed E-state index contributed by atoms with van der Waals surface area (Å²) in [6.07, 6.45) is 4.16. The number of anilines is 2. The van der Waals surface area contributed by atoms with Gasteiger partial charge in [0, 0.05) is 11.3 Å². The first-order valence-corrected chi connectivity index (χ1v) is 8.12. The van der Waals surface area contributed by atoms with E-state index < -0.39 is 17.3 Å². The van der Waals surface area contributed by atoms with Gasteiger partial charge in [-0.1, -0.05) is 12.8 Å². The molecular weight excluding hydrogens is 311 g/mol. The third kappa shape index (κ3) is 1.91. The monoisotopic (exact) mass is 330 g/mol. The molecule has 1 aliphatic heterocycles. The van der Waals surface area contributed by atoms with Crippen LogP contribution >= 0.6 is 0 Å². The van der Waals surface area contributed by atoms with E-state index in [4.69, 9.17) is 5.73 Å². The molecule has 2 aromatic rings. The maximum absolute atomic E-state index is 13.7. The van der Waals surface area contributed by atoms with Crippen molar-refractivity contribution >= 4 is 17.4 Å². The Balaban J connectivity index is 1.90. The molecule has 1 aromatic carbocycles. The molecule has 1 aliphatic carbocycles. The topological polar surface area (TPSA) is 93.2 Å². The number of hydrogen-bond acceptors (Lipinski definition) is 4. The molecule has 2 aliphatic rings. The predicted octanol–water partition coefficient (Wildman–Crippen LogP) is 2.22. The number of halogens is 1. The number of carbonyl (C=O) groups is 1. The lowest BCUT2D eigenvalue weighted by atomic mass is 9.87. The molecule has 0 unspecified atom stereocenters. The fraction of sp³-hybridized carbons (Fsp3) is 0.412. The van der Waals surface area contributed by atoms with Gasteiger partial charge in [0.1, 0.15) is 11.6 Å². The minimum Gasteiger partial charge on any atom is -0.384 e. The summed E-state index contributed by atoms with van der Waals surface area (Å²) < 4.78 is 15.4. The van der Waals surface area contributed by atoms with Gasteiger partial charge in [-0.3, -0.25) is 4.79 Å². The van der Waals surface area contributed by atoms with Crippen molar-refractivity contribution in [1.82, 2.24) is 9.78 Å². The molecular formula is C17H19FN4O2. The average molecular weight is 330 g/mol. The van der Waals surface area contributed by atoms with Gasteiger partial charge < -0.3 is 16.2 Å². The number of aromatic nitrogens is 2. The van der Waals surface area contributed by atoms with Gasteiger partial charge in [0.05, 0.1) is 17.3 Å². The highest BCUT2D eigenvalue weighted by Crippen LogP contribution is 2.45. The molecule has 4 N–H and O–H groups in total. The van der Waals surface area contributed by atoms with Gasteiger partial charge in [0.15, 0.2) is 0 Å². The van der Waals surface area contributed by atoms with Crippen molar-refractivity contribution < 1.29 is 14.3 Å². The van der Waals surface area contributed by atoms with Gasteiger partial charge in [-0.15, -0.1) is 0 Å². The number of aliphatic hydroxyl groups is 1. The highest BCUT2D eigenvalue weighted by Gasteiger charge is 2.50. The van der Waals surface area contributed by atoms with Crippen LogP contribution in [0.3, 0.4) is 0 Å². The lowest BCUT2D eigenvalue weighted by molar-refractivity contribution is -0.129. The second-order valence-corrected chi connectivity index (χ2v) is 6.58. The number of amides is 1. The summed E-state index contributed by atoms with van der Waals surface area (Å²) in [5.74, 6) is -0.888. The van der Waals surface area contributed by atoms with Crippen LogP contribution in [0.1, 0.15) is 48.5 Å². The zero-order valence-corrected chi connectivity index (χ0v) is 13.3. The van der Waals surface area contributed by atoms with E-state index in [1.165, 1.54) is 18.2 Å². The summed E-state index contributed by atoms with van der Waals surface area (Å²) in [5.41, 5.74) is 5.53. The number of nitrogens with zero attached hydrogens (tertiary/aromatic N) is 2. The Hall–Kier alpha value is -2.41. The van der Waals surface area contributed by atoms with Crippen molar-refractivity contribution in [3.8, 4) is 0 Å². The number of nitrogen functional groups attached to an aromatic ring is 1. The lowest BCUT2D eigenvalue weighted by Crippen LogP contribution is -2.36. The first-order valence-electron chi connectivity index (χ1n) is 8.12. The normalized spacial score (nSPS) is 23.5. The minimum atomic E-state index is -2.03. The number of carbonyl (C=O) groups excluding carboxylic acids is 1. The molecule has 1 atom stereocenters. The van der Waals surface area contributed by atoms with Crippen LogP contribution in [-0.4, -0.2) is 20.8 Å². The fourth-order valence-electron chi connectivity index (χ4n) is 3.95. The fourth-order valence-corrected chi connectivity index (χ4v) is 3.95. The van der Waals surface area contributed by atoms with Crippen molar-refractivity contribution in [3.63, 3.8) is 0 Å². The van der Waals surface area contributed by atoms with Crippen molar-refractivity contribution in [2.75, 3.05) is 11.1 Å². The number of aryl methyl sites for hydroxylation is 1. The molecule has 24 heavy (non-hydrogen) atoms. The van der Waals surface area contributed by atoms with E-state index in [1.54, 1.807) is 11.6 Å². The van der Waals surface area contributed by atoms with E-state index in [2.05, 4.69) is 10.4 Å². The molecule has 2 heterocycles. The van der Waals surface area contributed by atoms with Crippen LogP contribution in [0.5, 0.6) is 0 Å². The summed E-state index contributed by atoms with van der Waals surface area (Å²) >= 11 is 0. The average Bonchev–Trinajstić information content (AvgIpc) is 3.21. The van der Waals surface area contributed by atoms with Crippen LogP contribution < -0.4 is 11.1 Å². The minimum absolute atomic E-state index is 0.174. The Morgan fingerprint density at radius 1 is 1.42 bits per heavy atom. The maximum atomic E-state index is 13.7. The van der Waals surface area contributed by atoms with Crippen LogP contribution in [0.15, 0.2) is 18.2 Å². The van der Waals surface area contributed by atoms with Gasteiger partial charge in [-0.05, 0) is 38.0 Å². The van der Waals surface area contributed by atoms with Crippen LogP contribution in [0.2, 0.25) is 0 Å². The Kier molecular flexibility index (Phi) is 3.18. The van der Waals surface area contributed by atoms with Crippen LogP contribution in [0, 0.1) is 12.7 Å². The molecule has 0 saturated heterocycles. The van der Waals surface area contributed by atoms with Crippen molar-refractivity contribution in [1.29, 1.82) is 0 Å². The SMILES string of the molecule is Cc1nn(C2CCCC2)c(N)c1[C@]1(O)C(=O)Nc2ccc(F)cc21. The van der Waals surface area contributed by atoms with Gasteiger partial charge in [-0.2, -0.15) is 5.10 Å². The highest BCUT2D eigenvalue weighted by molar-refractivity contribution is 6.08. The van der Waals surface area contributed by atoms with Crippen LogP contribution in [-0.2, 0) is 10.4 Å². The van der Waals surface area contributed by atoms with Gasteiger partial charge in [0.25, 0.3) is 5.91 Å². The maximum Gasteiger partial charge on any atom is 0.266 e. The molecule has 6 nitrogen and oxygen atoms in total. The number of nitrogens with one attached hydrogen (secondary N) is 1. The summed E-state index contributed by atoms with van der Waals surface area (Å²) in [4.78, 5) is 12.5. The molecule has 126 valence electrons. The van der Waals surface area contributed by atoms with E-state index in [0.717, 1.165) is 25.7 Å². The Labute approximate surface area is 138 Å². The van der Waals surface area contributed by atoms with Crippen molar-refractivity contribution in [3.05, 3.63) is 40.8 Å². The summed E-state index contributed by atoms with van der Waals surface area (Å²) in [7, 11) is 0. The van der Waals surface area contributed by atoms with Crippen molar-refractivity contribution in [2.24, 2.45) is 0 Å². The zero-order chi connectivity index (χ0) is 17.1. The molecule has 1 aromatic heterocycles. The van der Waals surface area contributed by atoms with Gasteiger partial charge in [0.2, 0.25) is 5.60 Å². The standard InChI is InChI=1S/C17H19FN4O2/c1-9-14(15(19)22(21-9)11-4-2-3-5-11)17(24)12-8-10(18)6-7-13(12)20-16(17)23/h6-8,11,24H,2-5,19H2,1H3,(H,20,23)/t17-/m0/s1. The van der Waals surface area contributed by atoms with E-state index in [-0.39, 0.29) is 23.0 Å². The molecule has 0 bridgehead atoms. The van der Waals surface area contributed by atoms with Gasteiger partial charge >= 0.3 is 0 Å². The molecule has 1 saturated carbocycles. The Morgan fingerprint density at radius 3 is 2.83 bits per heavy atom. The second kappa shape index (κ2) is 5.04. The second-order valence-electron chi connectivity index (χ2n) is 6.58. The first kappa shape index (κ1) is 15.1. The summed E-state index contributed by atoms with van der Waals surface area (Å²) in [6, 6.07) is 4.02. The molecule has 7 heteroatoms. The molecule has 1 amide bonds. The quantitative estimate of drug-likeness (QED) is 0.787. The highest BCUT2D eigenvalue weighted by atomic mass is 19.1. The third-order valence-electron chi connectivity index (χ3n) is 5.10. The van der Waals surface area contributed by atoms with E-state index in [1.807, 2.05) is 0 Å². The lowest BCUT2D eigenvalue weighted by Gasteiger charge is -2.22. The van der Waals surface area contributed by atoms with Gasteiger partial charge in [-0.25, -0.2) is 9.07 Å². The van der Waals surface area contributed by atoms with E-state index in [0.29, 0.717) is 11.4 Å². The zero-order valence-electron chi connectivity index (χ0n) is 13.3. The number of hydrogen-bond donors (Lipinski definition) is 3.